The molecule has 2 heterocycles. The van der Waals surface area contributed by atoms with Gasteiger partial charge in [-0.05, 0) is 31.9 Å². The summed E-state index contributed by atoms with van der Waals surface area (Å²) in [6.07, 6.45) is 5.94. The molecule has 0 radical (unpaired) electrons. The van der Waals surface area contributed by atoms with Gasteiger partial charge in [-0.1, -0.05) is 6.92 Å². The second kappa shape index (κ2) is 6.27. The third kappa shape index (κ3) is 3.01. The molecule has 1 amide bonds. The van der Waals surface area contributed by atoms with Crippen LogP contribution >= 0.6 is 0 Å². The Morgan fingerprint density at radius 2 is 2.30 bits per heavy atom. The van der Waals surface area contributed by atoms with Crippen molar-refractivity contribution in [2.75, 3.05) is 0 Å². The van der Waals surface area contributed by atoms with Crippen LogP contribution in [0, 0.1) is 6.92 Å². The van der Waals surface area contributed by atoms with E-state index in [4.69, 9.17) is 0 Å². The number of aromatic nitrogens is 4. The Hall–Kier alpha value is -2.24. The molecule has 106 valence electrons. The molecular formula is C14H19N5O. The SMILES string of the molecule is CCCn1cnnc1[C@@H](C)NC(=O)c1cnccc1C. The summed E-state index contributed by atoms with van der Waals surface area (Å²) in [5.74, 6) is 0.621. The van der Waals surface area contributed by atoms with Crippen LogP contribution in [0.5, 0.6) is 0 Å². The van der Waals surface area contributed by atoms with Gasteiger partial charge in [0.15, 0.2) is 5.82 Å². The number of carbonyl (C=O) groups is 1. The molecule has 6 heteroatoms. The second-order valence-corrected chi connectivity index (χ2v) is 4.77. The summed E-state index contributed by atoms with van der Waals surface area (Å²) in [6.45, 7) is 6.72. The molecular weight excluding hydrogens is 254 g/mol. The quantitative estimate of drug-likeness (QED) is 0.902. The first-order valence-electron chi connectivity index (χ1n) is 6.72. The minimum atomic E-state index is -0.198. The van der Waals surface area contributed by atoms with Crippen LogP contribution in [-0.4, -0.2) is 25.7 Å². The Labute approximate surface area is 118 Å². The van der Waals surface area contributed by atoms with Gasteiger partial charge >= 0.3 is 0 Å². The highest BCUT2D eigenvalue weighted by molar-refractivity contribution is 5.95. The fraction of sp³-hybridized carbons (Fsp3) is 0.429. The van der Waals surface area contributed by atoms with Crippen molar-refractivity contribution in [3.63, 3.8) is 0 Å². The average molecular weight is 273 g/mol. The van der Waals surface area contributed by atoms with E-state index in [1.165, 1.54) is 0 Å². The molecule has 0 aromatic carbocycles. The van der Waals surface area contributed by atoms with Crippen LogP contribution in [0.15, 0.2) is 24.8 Å². The minimum Gasteiger partial charge on any atom is -0.342 e. The van der Waals surface area contributed by atoms with E-state index in [9.17, 15) is 4.79 Å². The van der Waals surface area contributed by atoms with E-state index >= 15 is 0 Å². The van der Waals surface area contributed by atoms with Crippen molar-refractivity contribution in [2.24, 2.45) is 0 Å². The van der Waals surface area contributed by atoms with Gasteiger partial charge in [0, 0.05) is 18.9 Å². The lowest BCUT2D eigenvalue weighted by Crippen LogP contribution is -2.29. The monoisotopic (exact) mass is 273 g/mol. The van der Waals surface area contributed by atoms with E-state index in [1.54, 1.807) is 18.7 Å². The highest BCUT2D eigenvalue weighted by Gasteiger charge is 2.17. The van der Waals surface area contributed by atoms with Gasteiger partial charge in [-0.25, -0.2) is 0 Å². The predicted molar refractivity (Wildman–Crippen MR) is 75.2 cm³/mol. The smallest absolute Gasteiger partial charge is 0.253 e. The summed E-state index contributed by atoms with van der Waals surface area (Å²) in [6, 6.07) is 1.62. The third-order valence-electron chi connectivity index (χ3n) is 3.13. The van der Waals surface area contributed by atoms with Crippen molar-refractivity contribution in [3.05, 3.63) is 41.7 Å². The maximum absolute atomic E-state index is 12.2. The van der Waals surface area contributed by atoms with Crippen LogP contribution in [0.2, 0.25) is 0 Å². The lowest BCUT2D eigenvalue weighted by molar-refractivity contribution is 0.0936. The Balaban J connectivity index is 2.11. The molecule has 0 unspecified atom stereocenters. The summed E-state index contributed by atoms with van der Waals surface area (Å²) < 4.78 is 1.96. The van der Waals surface area contributed by atoms with E-state index in [0.29, 0.717) is 5.56 Å². The van der Waals surface area contributed by atoms with Crippen molar-refractivity contribution in [3.8, 4) is 0 Å². The molecule has 0 fully saturated rings. The number of nitrogens with zero attached hydrogens (tertiary/aromatic N) is 4. The number of hydrogen-bond donors (Lipinski definition) is 1. The van der Waals surface area contributed by atoms with Gasteiger partial charge in [-0.2, -0.15) is 0 Å². The zero-order valence-electron chi connectivity index (χ0n) is 12.0. The summed E-state index contributed by atoms with van der Waals surface area (Å²) in [5, 5.41) is 10.9. The molecule has 0 aliphatic heterocycles. The first-order chi connectivity index (χ1) is 9.63. The van der Waals surface area contributed by atoms with Gasteiger partial charge in [0.2, 0.25) is 0 Å². The van der Waals surface area contributed by atoms with E-state index < -0.39 is 0 Å². The van der Waals surface area contributed by atoms with E-state index in [0.717, 1.165) is 24.4 Å². The van der Waals surface area contributed by atoms with Crippen molar-refractivity contribution in [1.82, 2.24) is 25.1 Å². The second-order valence-electron chi connectivity index (χ2n) is 4.77. The number of aryl methyl sites for hydroxylation is 2. The normalized spacial score (nSPS) is 12.2. The number of pyridine rings is 1. The van der Waals surface area contributed by atoms with Crippen molar-refractivity contribution >= 4 is 5.91 Å². The van der Waals surface area contributed by atoms with Crippen LogP contribution in [-0.2, 0) is 6.54 Å². The first-order valence-corrected chi connectivity index (χ1v) is 6.72. The maximum Gasteiger partial charge on any atom is 0.253 e. The minimum absolute atomic E-state index is 0.144. The molecule has 0 spiro atoms. The van der Waals surface area contributed by atoms with Crippen molar-refractivity contribution in [2.45, 2.75) is 39.8 Å². The number of amides is 1. The van der Waals surface area contributed by atoms with Gasteiger partial charge in [0.1, 0.15) is 6.33 Å². The molecule has 2 aromatic heterocycles. The van der Waals surface area contributed by atoms with Crippen LogP contribution in [0.4, 0.5) is 0 Å². The number of rotatable bonds is 5. The average Bonchev–Trinajstić information content (AvgIpc) is 2.88. The number of nitrogens with one attached hydrogen (secondary N) is 1. The molecule has 0 saturated carbocycles. The number of carbonyl (C=O) groups excluding carboxylic acids is 1. The van der Waals surface area contributed by atoms with E-state index in [-0.39, 0.29) is 11.9 Å². The van der Waals surface area contributed by atoms with Crippen LogP contribution in [0.1, 0.15) is 48.1 Å². The molecule has 2 aromatic rings. The Kier molecular flexibility index (Phi) is 4.45. The Morgan fingerprint density at radius 3 is 3.00 bits per heavy atom. The third-order valence-corrected chi connectivity index (χ3v) is 3.13. The number of hydrogen-bond acceptors (Lipinski definition) is 4. The lowest BCUT2D eigenvalue weighted by atomic mass is 10.1. The predicted octanol–water partition coefficient (Wildman–Crippen LogP) is 1.88. The van der Waals surface area contributed by atoms with Crippen LogP contribution in [0.25, 0.3) is 0 Å². The molecule has 1 atom stereocenters. The van der Waals surface area contributed by atoms with Crippen molar-refractivity contribution < 1.29 is 4.79 Å². The van der Waals surface area contributed by atoms with Crippen LogP contribution in [0.3, 0.4) is 0 Å². The van der Waals surface area contributed by atoms with E-state index in [2.05, 4.69) is 27.4 Å². The molecule has 0 bridgehead atoms. The molecule has 1 N–H and O–H groups in total. The lowest BCUT2D eigenvalue weighted by Gasteiger charge is -2.15. The van der Waals surface area contributed by atoms with Gasteiger partial charge in [0.05, 0.1) is 11.6 Å². The summed E-state index contributed by atoms with van der Waals surface area (Å²) in [7, 11) is 0. The highest BCUT2D eigenvalue weighted by atomic mass is 16.1. The van der Waals surface area contributed by atoms with Gasteiger partial charge in [-0.3, -0.25) is 9.78 Å². The Morgan fingerprint density at radius 1 is 1.50 bits per heavy atom. The molecule has 2 rings (SSSR count). The summed E-state index contributed by atoms with van der Waals surface area (Å²) >= 11 is 0. The zero-order chi connectivity index (χ0) is 14.5. The first kappa shape index (κ1) is 14.2. The van der Waals surface area contributed by atoms with Gasteiger partial charge < -0.3 is 9.88 Å². The van der Waals surface area contributed by atoms with E-state index in [1.807, 2.05) is 24.5 Å². The zero-order valence-corrected chi connectivity index (χ0v) is 12.0. The highest BCUT2D eigenvalue weighted by Crippen LogP contribution is 2.12. The fourth-order valence-corrected chi connectivity index (χ4v) is 2.05. The van der Waals surface area contributed by atoms with Crippen LogP contribution < -0.4 is 5.32 Å². The Bertz CT molecular complexity index is 593. The fourth-order valence-electron chi connectivity index (χ4n) is 2.05. The van der Waals surface area contributed by atoms with Gasteiger partial charge in [-0.15, -0.1) is 10.2 Å². The molecule has 0 saturated heterocycles. The molecule has 20 heavy (non-hydrogen) atoms. The molecule has 6 nitrogen and oxygen atoms in total. The largest absolute Gasteiger partial charge is 0.342 e. The topological polar surface area (TPSA) is 72.7 Å². The van der Waals surface area contributed by atoms with Gasteiger partial charge in [0.25, 0.3) is 5.91 Å². The summed E-state index contributed by atoms with van der Waals surface area (Å²) in [4.78, 5) is 16.2. The van der Waals surface area contributed by atoms with Crippen molar-refractivity contribution in [1.29, 1.82) is 0 Å². The standard InChI is InChI=1S/C14H19N5O/c1-4-7-19-9-16-18-13(19)11(3)17-14(20)12-8-15-6-5-10(12)2/h5-6,8-9,11H,4,7H2,1-3H3,(H,17,20)/t11-/m1/s1. The molecule has 0 aliphatic carbocycles. The molecule has 0 aliphatic rings. The maximum atomic E-state index is 12.2. The summed E-state index contributed by atoms with van der Waals surface area (Å²) in [5.41, 5.74) is 1.49.